The van der Waals surface area contributed by atoms with Crippen LogP contribution in [0.25, 0.3) is 0 Å². The maximum atomic E-state index is 13.9. The van der Waals surface area contributed by atoms with Gasteiger partial charge in [0.25, 0.3) is 0 Å². The van der Waals surface area contributed by atoms with E-state index in [0.717, 1.165) is 10.0 Å². The molecule has 0 aromatic heterocycles. The molecule has 2 N–H and O–H groups in total. The van der Waals surface area contributed by atoms with Crippen molar-refractivity contribution < 1.29 is 4.39 Å². The monoisotopic (exact) mass is 327 g/mol. The molecule has 19 heavy (non-hydrogen) atoms. The molecule has 106 valence electrons. The van der Waals surface area contributed by atoms with Crippen molar-refractivity contribution in [3.05, 3.63) is 34.1 Å². The Morgan fingerprint density at radius 2 is 2.16 bits per heavy atom. The fourth-order valence-electron chi connectivity index (χ4n) is 3.40. The molecule has 1 aliphatic carbocycles. The molecule has 2 unspecified atom stereocenters. The van der Waals surface area contributed by atoms with Crippen molar-refractivity contribution in [2.45, 2.75) is 52.0 Å². The first kappa shape index (κ1) is 15.0. The van der Waals surface area contributed by atoms with E-state index in [1.165, 1.54) is 31.7 Å². The van der Waals surface area contributed by atoms with Crippen molar-refractivity contribution in [3.63, 3.8) is 0 Å². The van der Waals surface area contributed by atoms with E-state index in [-0.39, 0.29) is 17.3 Å². The van der Waals surface area contributed by atoms with Gasteiger partial charge in [-0.3, -0.25) is 0 Å². The summed E-state index contributed by atoms with van der Waals surface area (Å²) in [6.45, 7) is 4.60. The first-order chi connectivity index (χ1) is 8.90. The van der Waals surface area contributed by atoms with Crippen LogP contribution < -0.4 is 5.73 Å². The van der Waals surface area contributed by atoms with E-state index in [0.29, 0.717) is 12.3 Å². The Bertz CT molecular complexity index is 444. The first-order valence-electron chi connectivity index (χ1n) is 7.09. The summed E-state index contributed by atoms with van der Waals surface area (Å²) in [7, 11) is 0. The predicted molar refractivity (Wildman–Crippen MR) is 81.5 cm³/mol. The molecule has 0 amide bonds. The van der Waals surface area contributed by atoms with Crippen LogP contribution >= 0.6 is 15.9 Å². The van der Waals surface area contributed by atoms with Gasteiger partial charge >= 0.3 is 0 Å². The predicted octanol–water partition coefficient (Wildman–Crippen LogP) is 4.67. The lowest BCUT2D eigenvalue weighted by Crippen LogP contribution is -2.43. The number of hydrogen-bond acceptors (Lipinski definition) is 1. The topological polar surface area (TPSA) is 26.0 Å². The highest BCUT2D eigenvalue weighted by Gasteiger charge is 2.36. The minimum absolute atomic E-state index is 0.0472. The number of nitrogens with two attached hydrogens (primary N) is 1. The fraction of sp³-hybridized carbons (Fsp3) is 0.625. The third kappa shape index (κ3) is 3.57. The van der Waals surface area contributed by atoms with Crippen LogP contribution in [0.4, 0.5) is 4.39 Å². The molecule has 1 fully saturated rings. The molecule has 3 heteroatoms. The maximum Gasteiger partial charge on any atom is 0.127 e. The van der Waals surface area contributed by atoms with Crippen LogP contribution in [0.15, 0.2) is 22.7 Å². The summed E-state index contributed by atoms with van der Waals surface area (Å²) < 4.78 is 14.7. The normalized spacial score (nSPS) is 24.2. The average Bonchev–Trinajstić information content (AvgIpc) is 2.32. The largest absolute Gasteiger partial charge is 0.327 e. The van der Waals surface area contributed by atoms with Gasteiger partial charge in [0.05, 0.1) is 0 Å². The van der Waals surface area contributed by atoms with Crippen LogP contribution in [0.1, 0.15) is 45.1 Å². The number of rotatable bonds is 3. The Kier molecular flexibility index (Phi) is 4.67. The highest BCUT2D eigenvalue weighted by molar-refractivity contribution is 9.10. The number of hydrogen-bond donors (Lipinski definition) is 1. The summed E-state index contributed by atoms with van der Waals surface area (Å²) in [5.74, 6) is 0.336. The second kappa shape index (κ2) is 5.92. The molecule has 0 saturated heterocycles. The van der Waals surface area contributed by atoms with Crippen LogP contribution in [0.5, 0.6) is 0 Å². The summed E-state index contributed by atoms with van der Waals surface area (Å²) in [5.41, 5.74) is 7.40. The Morgan fingerprint density at radius 1 is 1.42 bits per heavy atom. The van der Waals surface area contributed by atoms with E-state index in [9.17, 15) is 4.39 Å². The lowest BCUT2D eigenvalue weighted by atomic mass is 9.65. The summed E-state index contributed by atoms with van der Waals surface area (Å²) in [4.78, 5) is 0. The quantitative estimate of drug-likeness (QED) is 0.857. The Hall–Kier alpha value is -0.410. The van der Waals surface area contributed by atoms with Crippen LogP contribution in [0.3, 0.4) is 0 Å². The van der Waals surface area contributed by atoms with Crippen molar-refractivity contribution >= 4 is 15.9 Å². The molecular weight excluding hydrogens is 305 g/mol. The van der Waals surface area contributed by atoms with Crippen molar-refractivity contribution in [2.24, 2.45) is 17.1 Å². The molecule has 2 rings (SSSR count). The van der Waals surface area contributed by atoms with Crippen LogP contribution in [-0.4, -0.2) is 6.04 Å². The Labute approximate surface area is 123 Å². The van der Waals surface area contributed by atoms with Gasteiger partial charge in [-0.15, -0.1) is 0 Å². The summed E-state index contributed by atoms with van der Waals surface area (Å²) in [6, 6.07) is 5.30. The smallest absolute Gasteiger partial charge is 0.127 e. The van der Waals surface area contributed by atoms with Gasteiger partial charge in [-0.25, -0.2) is 4.39 Å². The van der Waals surface area contributed by atoms with Crippen LogP contribution in [-0.2, 0) is 6.42 Å². The molecule has 0 bridgehead atoms. The van der Waals surface area contributed by atoms with Gasteiger partial charge in [-0.05, 0) is 48.3 Å². The zero-order valence-electron chi connectivity index (χ0n) is 11.8. The van der Waals surface area contributed by atoms with Crippen molar-refractivity contribution in [1.29, 1.82) is 0 Å². The molecule has 0 heterocycles. The molecule has 1 aliphatic rings. The van der Waals surface area contributed by atoms with Crippen molar-refractivity contribution in [2.75, 3.05) is 0 Å². The third-order valence-corrected chi connectivity index (χ3v) is 5.07. The molecule has 0 radical (unpaired) electrons. The van der Waals surface area contributed by atoms with Crippen molar-refractivity contribution in [1.82, 2.24) is 0 Å². The maximum absolute atomic E-state index is 13.9. The zero-order valence-corrected chi connectivity index (χ0v) is 13.3. The fourth-order valence-corrected chi connectivity index (χ4v) is 3.73. The van der Waals surface area contributed by atoms with Gasteiger partial charge in [-0.1, -0.05) is 48.7 Å². The highest BCUT2D eigenvalue weighted by Crippen LogP contribution is 2.42. The van der Waals surface area contributed by atoms with E-state index in [1.807, 2.05) is 12.1 Å². The molecule has 1 saturated carbocycles. The second-order valence-electron chi connectivity index (χ2n) is 6.44. The summed E-state index contributed by atoms with van der Waals surface area (Å²) >= 11 is 3.29. The lowest BCUT2D eigenvalue weighted by molar-refractivity contribution is 0.112. The molecule has 1 aromatic rings. The van der Waals surface area contributed by atoms with E-state index in [4.69, 9.17) is 5.73 Å². The Morgan fingerprint density at radius 3 is 2.79 bits per heavy atom. The second-order valence-corrected chi connectivity index (χ2v) is 7.36. The van der Waals surface area contributed by atoms with E-state index in [1.54, 1.807) is 0 Å². The SMILES string of the molecule is CC1(C)CCCCC1C(N)Cc1ccc(Br)cc1F. The minimum Gasteiger partial charge on any atom is -0.327 e. The molecule has 2 atom stereocenters. The van der Waals surface area contributed by atoms with Crippen molar-refractivity contribution in [3.8, 4) is 0 Å². The number of benzene rings is 1. The molecule has 0 aliphatic heterocycles. The average molecular weight is 328 g/mol. The van der Waals surface area contributed by atoms with Gasteiger partial charge in [-0.2, -0.15) is 0 Å². The van der Waals surface area contributed by atoms with Gasteiger partial charge in [0, 0.05) is 10.5 Å². The lowest BCUT2D eigenvalue weighted by Gasteiger charge is -2.42. The first-order valence-corrected chi connectivity index (χ1v) is 7.89. The van der Waals surface area contributed by atoms with Gasteiger partial charge in [0.1, 0.15) is 5.82 Å². The molecular formula is C16H23BrFN. The minimum atomic E-state index is -0.154. The van der Waals surface area contributed by atoms with Gasteiger partial charge < -0.3 is 5.73 Å². The summed E-state index contributed by atoms with van der Waals surface area (Å²) in [6.07, 6.45) is 5.58. The van der Waals surface area contributed by atoms with Gasteiger partial charge in [0.2, 0.25) is 0 Å². The van der Waals surface area contributed by atoms with Gasteiger partial charge in [0.15, 0.2) is 0 Å². The molecule has 1 nitrogen and oxygen atoms in total. The van der Waals surface area contributed by atoms with E-state index in [2.05, 4.69) is 29.8 Å². The molecule has 0 spiro atoms. The Balaban J connectivity index is 2.09. The van der Waals surface area contributed by atoms with E-state index >= 15 is 0 Å². The number of halogens is 2. The summed E-state index contributed by atoms with van der Waals surface area (Å²) in [5, 5.41) is 0. The highest BCUT2D eigenvalue weighted by atomic mass is 79.9. The van der Waals surface area contributed by atoms with Crippen LogP contribution in [0, 0.1) is 17.2 Å². The standard InChI is InChI=1S/C16H23BrFN/c1-16(2)8-4-3-5-13(16)15(19)9-11-6-7-12(17)10-14(11)18/h6-7,10,13,15H,3-5,8-9,19H2,1-2H3. The third-order valence-electron chi connectivity index (χ3n) is 4.58. The van der Waals surface area contributed by atoms with Crippen LogP contribution in [0.2, 0.25) is 0 Å². The molecule has 1 aromatic carbocycles. The van der Waals surface area contributed by atoms with E-state index < -0.39 is 0 Å². The zero-order chi connectivity index (χ0) is 14.0.